The topological polar surface area (TPSA) is 34.2 Å². The number of hydrogen-bond donors (Lipinski definition) is 1. The smallest absolute Gasteiger partial charge is 0.119 e. The Labute approximate surface area is 124 Å². The predicted octanol–water partition coefficient (Wildman–Crippen LogP) is 3.34. The Balaban J connectivity index is 2.09. The minimum atomic E-state index is -0.131. The molecule has 1 atom stereocenters. The zero-order valence-electron chi connectivity index (χ0n) is 12.0. The number of ether oxygens (including phenoxy) is 1. The van der Waals surface area contributed by atoms with Gasteiger partial charge in [-0.2, -0.15) is 0 Å². The highest BCUT2D eigenvalue weighted by Crippen LogP contribution is 2.44. The summed E-state index contributed by atoms with van der Waals surface area (Å²) in [6, 6.07) is 6.42. The van der Waals surface area contributed by atoms with Crippen LogP contribution in [0, 0.1) is 0 Å². The van der Waals surface area contributed by atoms with Gasteiger partial charge in [-0.25, -0.2) is 4.98 Å². The van der Waals surface area contributed by atoms with Gasteiger partial charge in [-0.1, -0.05) is 13.0 Å². The van der Waals surface area contributed by atoms with Crippen molar-refractivity contribution in [3.63, 3.8) is 0 Å². The molecule has 1 aromatic heterocycles. The van der Waals surface area contributed by atoms with Gasteiger partial charge < -0.3 is 10.1 Å². The van der Waals surface area contributed by atoms with Crippen LogP contribution in [0.4, 0.5) is 0 Å². The van der Waals surface area contributed by atoms with E-state index in [1.807, 2.05) is 6.20 Å². The molecule has 20 heavy (non-hydrogen) atoms. The zero-order valence-corrected chi connectivity index (χ0v) is 12.8. The van der Waals surface area contributed by atoms with Crippen LogP contribution in [0.1, 0.15) is 35.9 Å². The Kier molecular flexibility index (Phi) is 3.76. The molecule has 2 aromatic rings. The van der Waals surface area contributed by atoms with Gasteiger partial charge in [-0.15, -0.1) is 11.3 Å². The van der Waals surface area contributed by atoms with E-state index in [9.17, 15) is 0 Å². The van der Waals surface area contributed by atoms with Crippen LogP contribution >= 0.6 is 11.3 Å². The van der Waals surface area contributed by atoms with E-state index in [4.69, 9.17) is 4.74 Å². The Morgan fingerprint density at radius 2 is 2.35 bits per heavy atom. The lowest BCUT2D eigenvalue weighted by molar-refractivity contribution is 0.390. The van der Waals surface area contributed by atoms with Crippen LogP contribution in [0.3, 0.4) is 0 Å². The zero-order chi connectivity index (χ0) is 14.0. The fraction of sp³-hybridized carbons (Fsp3) is 0.438. The molecule has 3 rings (SSSR count). The van der Waals surface area contributed by atoms with Crippen LogP contribution in [0.2, 0.25) is 0 Å². The monoisotopic (exact) mass is 288 g/mol. The van der Waals surface area contributed by atoms with E-state index in [0.717, 1.165) is 36.6 Å². The van der Waals surface area contributed by atoms with Crippen molar-refractivity contribution in [2.75, 3.05) is 13.7 Å². The third kappa shape index (κ3) is 2.13. The first-order valence-corrected chi connectivity index (χ1v) is 8.00. The number of rotatable bonds is 5. The highest BCUT2D eigenvalue weighted by molar-refractivity contribution is 7.09. The molecule has 0 fully saturated rings. The number of aryl methyl sites for hydroxylation is 1. The summed E-state index contributed by atoms with van der Waals surface area (Å²) in [5.41, 5.74) is 2.61. The van der Waals surface area contributed by atoms with Gasteiger partial charge in [0.1, 0.15) is 10.8 Å². The summed E-state index contributed by atoms with van der Waals surface area (Å²) < 4.78 is 5.41. The number of hydrogen-bond acceptors (Lipinski definition) is 4. The lowest BCUT2D eigenvalue weighted by Gasteiger charge is -2.30. The van der Waals surface area contributed by atoms with Crippen molar-refractivity contribution in [2.24, 2.45) is 0 Å². The fourth-order valence-corrected chi connectivity index (χ4v) is 3.87. The number of nitrogens with one attached hydrogen (secondary N) is 1. The number of fused-ring (bicyclic) bond motifs is 1. The number of nitrogens with zero attached hydrogens (tertiary/aromatic N) is 1. The maximum absolute atomic E-state index is 5.41. The Morgan fingerprint density at radius 1 is 1.45 bits per heavy atom. The first-order valence-electron chi connectivity index (χ1n) is 7.12. The van der Waals surface area contributed by atoms with Gasteiger partial charge >= 0.3 is 0 Å². The molecule has 1 aliphatic carbocycles. The SMILES string of the molecule is CCCNC1(c2nccs2)CCc2ccc(OC)cc21. The fourth-order valence-electron chi connectivity index (χ4n) is 3.01. The molecule has 106 valence electrons. The summed E-state index contributed by atoms with van der Waals surface area (Å²) in [5, 5.41) is 6.97. The second-order valence-corrected chi connectivity index (χ2v) is 6.09. The molecule has 0 aliphatic heterocycles. The van der Waals surface area contributed by atoms with E-state index in [2.05, 4.69) is 40.8 Å². The quantitative estimate of drug-likeness (QED) is 0.916. The van der Waals surface area contributed by atoms with E-state index in [0.29, 0.717) is 0 Å². The molecule has 0 saturated heterocycles. The molecule has 0 bridgehead atoms. The Hall–Kier alpha value is -1.39. The molecule has 1 unspecified atom stereocenters. The first kappa shape index (κ1) is 13.6. The average Bonchev–Trinajstić information content (AvgIpc) is 3.13. The Morgan fingerprint density at radius 3 is 3.05 bits per heavy atom. The molecule has 1 aliphatic rings. The van der Waals surface area contributed by atoms with Crippen LogP contribution in [-0.2, 0) is 12.0 Å². The second kappa shape index (κ2) is 5.54. The maximum atomic E-state index is 5.41. The molecule has 0 amide bonds. The summed E-state index contributed by atoms with van der Waals surface area (Å²) >= 11 is 1.73. The van der Waals surface area contributed by atoms with E-state index >= 15 is 0 Å². The molecular formula is C16H20N2OS. The van der Waals surface area contributed by atoms with Crippen LogP contribution in [0.25, 0.3) is 0 Å². The van der Waals surface area contributed by atoms with Crippen molar-refractivity contribution in [1.82, 2.24) is 10.3 Å². The van der Waals surface area contributed by atoms with Gasteiger partial charge in [0.2, 0.25) is 0 Å². The summed E-state index contributed by atoms with van der Waals surface area (Å²) in [4.78, 5) is 4.59. The first-order chi connectivity index (χ1) is 9.80. The van der Waals surface area contributed by atoms with E-state index in [1.54, 1.807) is 18.4 Å². The normalized spacial score (nSPS) is 20.9. The molecule has 0 saturated carbocycles. The van der Waals surface area contributed by atoms with Crippen LogP contribution in [0.15, 0.2) is 29.8 Å². The minimum Gasteiger partial charge on any atom is -0.497 e. The predicted molar refractivity (Wildman–Crippen MR) is 82.5 cm³/mol. The van der Waals surface area contributed by atoms with E-state index < -0.39 is 0 Å². The highest BCUT2D eigenvalue weighted by Gasteiger charge is 2.42. The molecule has 0 radical (unpaired) electrons. The average molecular weight is 288 g/mol. The van der Waals surface area contributed by atoms with Crippen molar-refractivity contribution in [2.45, 2.75) is 31.7 Å². The summed E-state index contributed by atoms with van der Waals surface area (Å²) in [7, 11) is 1.72. The minimum absolute atomic E-state index is 0.131. The summed E-state index contributed by atoms with van der Waals surface area (Å²) in [6.45, 7) is 3.19. The van der Waals surface area contributed by atoms with Crippen molar-refractivity contribution >= 4 is 11.3 Å². The molecule has 3 nitrogen and oxygen atoms in total. The van der Waals surface area contributed by atoms with Crippen molar-refractivity contribution < 1.29 is 4.74 Å². The number of thiazole rings is 1. The van der Waals surface area contributed by atoms with Crippen molar-refractivity contribution in [3.8, 4) is 5.75 Å². The lowest BCUT2D eigenvalue weighted by Crippen LogP contribution is -2.42. The van der Waals surface area contributed by atoms with Gasteiger partial charge in [0.05, 0.1) is 12.6 Å². The van der Waals surface area contributed by atoms with Crippen molar-refractivity contribution in [1.29, 1.82) is 0 Å². The van der Waals surface area contributed by atoms with Gasteiger partial charge in [0.25, 0.3) is 0 Å². The molecular weight excluding hydrogens is 268 g/mol. The number of methoxy groups -OCH3 is 1. The van der Waals surface area contributed by atoms with Crippen LogP contribution < -0.4 is 10.1 Å². The summed E-state index contributed by atoms with van der Waals surface area (Å²) in [5.74, 6) is 0.921. The van der Waals surface area contributed by atoms with E-state index in [1.165, 1.54) is 11.1 Å². The van der Waals surface area contributed by atoms with Gasteiger partial charge in [0.15, 0.2) is 0 Å². The second-order valence-electron chi connectivity index (χ2n) is 5.19. The van der Waals surface area contributed by atoms with Crippen molar-refractivity contribution in [3.05, 3.63) is 45.9 Å². The lowest BCUT2D eigenvalue weighted by atomic mass is 9.92. The van der Waals surface area contributed by atoms with Crippen LogP contribution in [-0.4, -0.2) is 18.6 Å². The van der Waals surface area contributed by atoms with Gasteiger partial charge in [0, 0.05) is 11.6 Å². The highest BCUT2D eigenvalue weighted by atomic mass is 32.1. The largest absolute Gasteiger partial charge is 0.497 e. The molecule has 0 spiro atoms. The standard InChI is InChI=1S/C16H20N2OS/c1-3-8-18-16(15-17-9-10-20-15)7-6-12-4-5-13(19-2)11-14(12)16/h4-5,9-11,18H,3,6-8H2,1-2H3. The van der Waals surface area contributed by atoms with Gasteiger partial charge in [-0.3, -0.25) is 0 Å². The number of benzene rings is 1. The Bertz CT molecular complexity index is 582. The van der Waals surface area contributed by atoms with Crippen LogP contribution in [0.5, 0.6) is 5.75 Å². The third-order valence-corrected chi connectivity index (χ3v) is 4.96. The third-order valence-electron chi connectivity index (χ3n) is 4.02. The molecule has 1 aromatic carbocycles. The summed E-state index contributed by atoms with van der Waals surface area (Å²) in [6.07, 6.45) is 5.18. The maximum Gasteiger partial charge on any atom is 0.119 e. The molecule has 1 heterocycles. The molecule has 4 heteroatoms. The van der Waals surface area contributed by atoms with Gasteiger partial charge in [-0.05, 0) is 49.1 Å². The number of aromatic nitrogens is 1. The molecule has 1 N–H and O–H groups in total. The van der Waals surface area contributed by atoms with E-state index in [-0.39, 0.29) is 5.54 Å².